The van der Waals surface area contributed by atoms with Gasteiger partial charge >= 0.3 is 17.9 Å². The number of nitro groups is 1. The number of nitro benzene ring substituents is 1. The zero-order valence-corrected chi connectivity index (χ0v) is 46.8. The number of rotatable bonds is 25. The van der Waals surface area contributed by atoms with Crippen molar-refractivity contribution in [3.8, 4) is 0 Å². The number of carbonyl (C=O) groups is 7. The van der Waals surface area contributed by atoms with Gasteiger partial charge in [-0.2, -0.15) is 22.4 Å². The number of nitrogens with zero attached hydrogens (tertiary/aromatic N) is 5. The number of non-ortho nitro benzene ring substituents is 1. The minimum absolute atomic E-state index is 0.0179. The molecule has 2 radical (unpaired) electrons. The second kappa shape index (κ2) is 32.6. The summed E-state index contributed by atoms with van der Waals surface area (Å²) in [5.74, 6) is -3.00. The van der Waals surface area contributed by atoms with E-state index in [0.717, 1.165) is 38.5 Å². The maximum absolute atomic E-state index is 13.6. The fourth-order valence-electron chi connectivity index (χ4n) is 9.26. The molecule has 8 atom stereocenters. The molecule has 74 heavy (non-hydrogen) atoms. The number of amides is 4. The van der Waals surface area contributed by atoms with Crippen molar-refractivity contribution >= 4 is 98.5 Å². The second-order valence-electron chi connectivity index (χ2n) is 18.5. The van der Waals surface area contributed by atoms with E-state index in [1.54, 1.807) is 72.3 Å². The third-order valence-corrected chi connectivity index (χ3v) is 13.5. The molecule has 408 valence electrons. The first-order chi connectivity index (χ1) is 35.3. The van der Waals surface area contributed by atoms with E-state index >= 15 is 0 Å². The van der Waals surface area contributed by atoms with Crippen LogP contribution in [0.25, 0.3) is 0 Å². The smallest absolute Gasteiger partial charge is 0.338 e. The molecule has 1 aromatic carbocycles. The lowest BCUT2D eigenvalue weighted by molar-refractivity contribution is -0.384. The van der Waals surface area contributed by atoms with Crippen LogP contribution in [-0.4, -0.2) is 160 Å². The quantitative estimate of drug-likeness (QED) is 0.0115. The normalized spacial score (nSPS) is 23.8. The van der Waals surface area contributed by atoms with Gasteiger partial charge in [0.15, 0.2) is 5.70 Å². The summed E-state index contributed by atoms with van der Waals surface area (Å²) in [6.45, 7) is 19.9. The van der Waals surface area contributed by atoms with Crippen LogP contribution < -0.4 is 0 Å². The van der Waals surface area contributed by atoms with E-state index < -0.39 is 57.9 Å². The largest absolute Gasteiger partial charge is 0.466 e. The molecule has 1 aromatic rings. The fourth-order valence-corrected chi connectivity index (χ4v) is 9.26. The van der Waals surface area contributed by atoms with E-state index in [-0.39, 0.29) is 104 Å². The maximum atomic E-state index is 13.6. The maximum Gasteiger partial charge on any atom is 0.338 e. The number of likely N-dealkylation sites (N-methyl/N-ethyl adjacent to an activating group) is 2. The first kappa shape index (κ1) is 65.3. The van der Waals surface area contributed by atoms with Gasteiger partial charge in [0, 0.05) is 71.5 Å². The van der Waals surface area contributed by atoms with Crippen molar-refractivity contribution in [2.45, 2.75) is 115 Å². The number of β-amino-alcohol motifs (C(OH)–C–C–N with tert-alkyl or cyclic N) is 1. The molecule has 5 rings (SSSR count). The molecule has 2 saturated heterocycles. The number of alkyl halides is 2. The number of aliphatic hydroxyl groups is 1. The van der Waals surface area contributed by atoms with Crippen LogP contribution in [0.5, 0.6) is 0 Å². The second-order valence-corrected chi connectivity index (χ2v) is 19.3. The molecule has 4 amide bonds. The molecule has 4 aliphatic rings. The molecule has 18 nitrogen and oxygen atoms in total. The number of allylic oxidation sites excluding steroid dienone is 4. The van der Waals surface area contributed by atoms with Crippen molar-refractivity contribution in [1.82, 2.24) is 19.6 Å². The fraction of sp³-hybridized carbons (Fsp3) is 0.596. The number of benzene rings is 1. The van der Waals surface area contributed by atoms with E-state index in [0.29, 0.717) is 25.9 Å². The molecule has 22 heteroatoms. The number of likely N-dealkylation sites (tertiary alicyclic amines) is 2. The molecular formula is C52H73BCl2IN5O13. The Bertz CT molecular complexity index is 2120. The minimum Gasteiger partial charge on any atom is -0.466 e. The summed E-state index contributed by atoms with van der Waals surface area (Å²) in [7, 11) is 3.39. The van der Waals surface area contributed by atoms with Gasteiger partial charge in [0.05, 0.1) is 52.5 Å². The van der Waals surface area contributed by atoms with Crippen LogP contribution in [0, 0.1) is 32.8 Å². The van der Waals surface area contributed by atoms with Crippen molar-refractivity contribution in [2.75, 3.05) is 58.8 Å². The van der Waals surface area contributed by atoms with E-state index in [1.807, 2.05) is 12.2 Å². The Kier molecular flexibility index (Phi) is 28.8. The molecule has 2 saturated carbocycles. The lowest BCUT2D eigenvalue weighted by atomic mass is 9.97. The minimum atomic E-state index is -1.01. The average Bonchev–Trinajstić information content (AvgIpc) is 4.18. The summed E-state index contributed by atoms with van der Waals surface area (Å²) < 4.78 is 16.0. The Hall–Kier alpha value is -4.80. The van der Waals surface area contributed by atoms with Crippen molar-refractivity contribution < 1.29 is 57.8 Å². The molecule has 2 aliphatic heterocycles. The summed E-state index contributed by atoms with van der Waals surface area (Å²) in [6.07, 6.45) is 11.8. The molecule has 2 heterocycles. The number of unbranched alkanes of at least 4 members (excludes halogenated alkanes) is 4. The molecule has 0 bridgehead atoms. The van der Waals surface area contributed by atoms with Gasteiger partial charge in [-0.1, -0.05) is 24.3 Å². The Morgan fingerprint density at radius 1 is 0.770 bits per heavy atom. The summed E-state index contributed by atoms with van der Waals surface area (Å²) in [6, 6.07) is 3.44. The van der Waals surface area contributed by atoms with Gasteiger partial charge in [0.1, 0.15) is 18.2 Å². The first-order valence-corrected chi connectivity index (χ1v) is 27.0. The van der Waals surface area contributed by atoms with Crippen LogP contribution >= 0.6 is 45.6 Å². The highest BCUT2D eigenvalue weighted by molar-refractivity contribution is 14.1. The van der Waals surface area contributed by atoms with Gasteiger partial charge in [0.2, 0.25) is 23.6 Å². The van der Waals surface area contributed by atoms with Crippen LogP contribution in [0.2, 0.25) is 0 Å². The summed E-state index contributed by atoms with van der Waals surface area (Å²) >= 11 is 11.2. The Morgan fingerprint density at radius 3 is 1.57 bits per heavy atom. The zero-order chi connectivity index (χ0) is 55.8. The van der Waals surface area contributed by atoms with Crippen molar-refractivity contribution in [3.05, 3.63) is 90.6 Å². The van der Waals surface area contributed by atoms with Crippen molar-refractivity contribution in [1.29, 1.82) is 0 Å². The van der Waals surface area contributed by atoms with Gasteiger partial charge < -0.3 is 38.9 Å². The van der Waals surface area contributed by atoms with E-state index in [1.165, 1.54) is 34.1 Å². The highest BCUT2D eigenvalue weighted by atomic mass is 127. The number of esters is 3. The lowest BCUT2D eigenvalue weighted by Crippen LogP contribution is -2.47. The number of aliphatic hydroxyl groups excluding tert-OH is 1. The number of hydrogen-bond donors (Lipinski definition) is 1. The molecule has 0 spiro atoms. The number of ether oxygens (including phenoxy) is 3. The molecule has 0 unspecified atom stereocenters. The predicted molar refractivity (Wildman–Crippen MR) is 292 cm³/mol. The molecule has 0 aromatic heterocycles. The monoisotopic (exact) mass is 1180 g/mol. The van der Waals surface area contributed by atoms with Crippen molar-refractivity contribution in [2.24, 2.45) is 22.7 Å². The van der Waals surface area contributed by atoms with Gasteiger partial charge in [-0.15, -0.1) is 49.5 Å². The Morgan fingerprint density at radius 2 is 1.19 bits per heavy atom. The number of halogens is 3. The Balaban J connectivity index is 0.000000486. The first-order valence-electron chi connectivity index (χ1n) is 24.7. The summed E-state index contributed by atoms with van der Waals surface area (Å²) in [5, 5.41) is 21.2. The summed E-state index contributed by atoms with van der Waals surface area (Å²) in [5.41, 5.74) is 2.53. The topological polar surface area (TPSA) is 224 Å². The molecular weight excluding hydrogens is 1110 g/mol. The van der Waals surface area contributed by atoms with Crippen LogP contribution in [0.1, 0.15) is 101 Å². The van der Waals surface area contributed by atoms with Crippen LogP contribution in [0.3, 0.4) is 0 Å². The van der Waals surface area contributed by atoms with Crippen LogP contribution in [0.4, 0.5) is 5.69 Å². The average molecular weight is 1180 g/mol. The standard InChI is InChI=1S/C29H37N3O8.C22H34N2O5.CH2Cl2.BI/c1-5-8-9-10-15-30(4)26(34)24-16-23(40-27(35)20-11-13-22(14-12-20)32(37)38)19-31(24)25(33)18-29(17-21(29)6-2)28(36)39-7-3;1-5-8-9-10-11-23(4)20(27)18-12-17(25)15-24(18)19(26)14-22(13-16(22)6-2)21(28)29-7-3;2-1-3;1-2/h5-6,11-14,21,23-24H,1-2,7-10,15-19H2,3-4H3;5-6,16-18,25H,1-2,7-15H2,3-4H3;1H2;/t21-,23-,24+,29-;16-,17-,18+,22-;;/m11../s1. The van der Waals surface area contributed by atoms with Gasteiger partial charge in [0.25, 0.3) is 5.69 Å². The molecule has 1 N–H and O–H groups in total. The van der Waals surface area contributed by atoms with Crippen LogP contribution in [-0.2, 0) is 43.0 Å². The van der Waals surface area contributed by atoms with Gasteiger partial charge in [-0.3, -0.25) is 38.9 Å². The number of hydrogen-bond acceptors (Lipinski definition) is 13. The lowest BCUT2D eigenvalue weighted by Gasteiger charge is -2.29. The van der Waals surface area contributed by atoms with Crippen molar-refractivity contribution in [3.63, 3.8) is 0 Å². The molecule has 2 aliphatic carbocycles. The SMILES string of the molecule is C=CCCCCN(C)C(=O)[C@@H]1C[C@@H](O)CN1C(=O)C[C@]1(C(=O)OCC)C[C@H]1C=C.C=CCCCCN(C)C(=O)[C@@H]1C[C@@H](OC(=O)c2ccc([N+](=O)[O-])cc2)CN1C(=O)C[C@]1(C(=O)OCC)C[C@H]1C=C.ClCCl.[B]I. The van der Waals surface area contributed by atoms with Crippen LogP contribution in [0.15, 0.2) is 74.9 Å². The highest BCUT2D eigenvalue weighted by Crippen LogP contribution is 2.58. The van der Waals surface area contributed by atoms with E-state index in [4.69, 9.17) is 37.4 Å². The predicted octanol–water partition coefficient (Wildman–Crippen LogP) is 7.52. The van der Waals surface area contributed by atoms with E-state index in [9.17, 15) is 48.8 Å². The van der Waals surface area contributed by atoms with E-state index in [2.05, 4.69) is 32.0 Å². The number of carbonyl (C=O) groups excluding carboxylic acids is 7. The Labute approximate surface area is 460 Å². The molecule has 4 fully saturated rings. The van der Waals surface area contributed by atoms with Gasteiger partial charge in [-0.25, -0.2) is 4.79 Å². The highest BCUT2D eigenvalue weighted by Gasteiger charge is 2.62. The third-order valence-electron chi connectivity index (χ3n) is 13.5. The summed E-state index contributed by atoms with van der Waals surface area (Å²) in [4.78, 5) is 107. The zero-order valence-electron chi connectivity index (χ0n) is 43.1. The third kappa shape index (κ3) is 18.2. The van der Waals surface area contributed by atoms with Gasteiger partial charge in [-0.05, 0) is 89.2 Å².